The van der Waals surface area contributed by atoms with Gasteiger partial charge in [0.15, 0.2) is 0 Å². The molecule has 2 amide bonds. The third-order valence-electron chi connectivity index (χ3n) is 3.84. The average molecular weight is 286 g/mol. The lowest BCUT2D eigenvalue weighted by atomic mass is 10.1. The zero-order valence-corrected chi connectivity index (χ0v) is 12.2. The largest absolute Gasteiger partial charge is 0.461 e. The lowest BCUT2D eigenvalue weighted by molar-refractivity contribution is -0.127. The fraction of sp³-hybridized carbons (Fsp3) is 0.375. The second-order valence-electron chi connectivity index (χ2n) is 5.39. The third kappa shape index (κ3) is 2.51. The number of amides is 2. The van der Waals surface area contributed by atoms with Gasteiger partial charge in [-0.05, 0) is 26.0 Å². The van der Waals surface area contributed by atoms with Crippen LogP contribution in [-0.4, -0.2) is 35.8 Å². The summed E-state index contributed by atoms with van der Waals surface area (Å²) in [6.07, 6.45) is 0.368. The minimum Gasteiger partial charge on any atom is -0.461 e. The van der Waals surface area contributed by atoms with Crippen LogP contribution in [0.5, 0.6) is 0 Å². The number of carbonyl (C=O) groups excluding carboxylic acids is 2. The molecule has 1 saturated heterocycles. The van der Waals surface area contributed by atoms with E-state index in [0.29, 0.717) is 30.7 Å². The molecule has 5 heteroatoms. The van der Waals surface area contributed by atoms with Crippen molar-refractivity contribution in [3.63, 3.8) is 0 Å². The Kier molecular flexibility index (Phi) is 3.41. The van der Waals surface area contributed by atoms with E-state index in [0.717, 1.165) is 11.1 Å². The molecule has 0 bridgehead atoms. The van der Waals surface area contributed by atoms with Crippen molar-refractivity contribution >= 4 is 22.8 Å². The summed E-state index contributed by atoms with van der Waals surface area (Å²) < 4.78 is 5.61. The highest BCUT2D eigenvalue weighted by Crippen LogP contribution is 2.23. The SMILES string of the molecule is CCN1CC(NC(=O)c2cccc3cc(C)oc23)CC1=O. The predicted molar refractivity (Wildman–Crippen MR) is 79.1 cm³/mol. The predicted octanol–water partition coefficient (Wildman–Crippen LogP) is 2.09. The maximum atomic E-state index is 12.4. The highest BCUT2D eigenvalue weighted by molar-refractivity contribution is 6.05. The first kappa shape index (κ1) is 13.7. The Morgan fingerprint density at radius 1 is 1.48 bits per heavy atom. The molecule has 1 aromatic carbocycles. The fourth-order valence-electron chi connectivity index (χ4n) is 2.81. The molecule has 110 valence electrons. The molecule has 0 radical (unpaired) electrons. The molecule has 0 aliphatic carbocycles. The second kappa shape index (κ2) is 5.24. The normalized spacial score (nSPS) is 18.5. The van der Waals surface area contributed by atoms with Crippen LogP contribution in [0.4, 0.5) is 0 Å². The lowest BCUT2D eigenvalue weighted by Gasteiger charge is -2.14. The van der Waals surface area contributed by atoms with Crippen LogP contribution < -0.4 is 5.32 Å². The second-order valence-corrected chi connectivity index (χ2v) is 5.39. The van der Waals surface area contributed by atoms with Gasteiger partial charge < -0.3 is 14.6 Å². The number of para-hydroxylation sites is 1. The van der Waals surface area contributed by atoms with Crippen LogP contribution in [0.3, 0.4) is 0 Å². The van der Waals surface area contributed by atoms with Crippen molar-refractivity contribution in [3.05, 3.63) is 35.6 Å². The van der Waals surface area contributed by atoms with E-state index in [-0.39, 0.29) is 17.9 Å². The summed E-state index contributed by atoms with van der Waals surface area (Å²) in [4.78, 5) is 25.9. The number of nitrogens with one attached hydrogen (secondary N) is 1. The first-order chi connectivity index (χ1) is 10.1. The molecule has 1 aliphatic heterocycles. The van der Waals surface area contributed by atoms with Gasteiger partial charge in [0.05, 0.1) is 11.6 Å². The number of fused-ring (bicyclic) bond motifs is 1. The van der Waals surface area contributed by atoms with Crippen LogP contribution >= 0.6 is 0 Å². The highest BCUT2D eigenvalue weighted by atomic mass is 16.3. The zero-order chi connectivity index (χ0) is 15.0. The van der Waals surface area contributed by atoms with Gasteiger partial charge in [-0.2, -0.15) is 0 Å². The summed E-state index contributed by atoms with van der Waals surface area (Å²) in [5.74, 6) is 0.680. The third-order valence-corrected chi connectivity index (χ3v) is 3.84. The van der Waals surface area contributed by atoms with E-state index in [9.17, 15) is 9.59 Å². The molecule has 1 aliphatic rings. The van der Waals surface area contributed by atoms with Gasteiger partial charge in [0, 0.05) is 24.9 Å². The van der Waals surface area contributed by atoms with Gasteiger partial charge in [0.2, 0.25) is 5.91 Å². The van der Waals surface area contributed by atoms with Crippen molar-refractivity contribution in [2.45, 2.75) is 26.3 Å². The van der Waals surface area contributed by atoms with Gasteiger partial charge in [0.25, 0.3) is 5.91 Å². The summed E-state index contributed by atoms with van der Waals surface area (Å²) >= 11 is 0. The highest BCUT2D eigenvalue weighted by Gasteiger charge is 2.30. The summed E-state index contributed by atoms with van der Waals surface area (Å²) in [7, 11) is 0. The number of hydrogen-bond acceptors (Lipinski definition) is 3. The number of nitrogens with zero attached hydrogens (tertiary/aromatic N) is 1. The van der Waals surface area contributed by atoms with E-state index < -0.39 is 0 Å². The molecular weight excluding hydrogens is 268 g/mol. The minimum absolute atomic E-state index is 0.0925. The van der Waals surface area contributed by atoms with E-state index in [1.165, 1.54) is 0 Å². The number of rotatable bonds is 3. The number of benzene rings is 1. The maximum absolute atomic E-state index is 12.4. The topological polar surface area (TPSA) is 62.6 Å². The quantitative estimate of drug-likeness (QED) is 0.939. The van der Waals surface area contributed by atoms with E-state index in [2.05, 4.69) is 5.32 Å². The van der Waals surface area contributed by atoms with Crippen LogP contribution in [-0.2, 0) is 4.79 Å². The van der Waals surface area contributed by atoms with Crippen LogP contribution in [0.15, 0.2) is 28.7 Å². The molecule has 3 rings (SSSR count). The monoisotopic (exact) mass is 286 g/mol. The van der Waals surface area contributed by atoms with E-state index in [4.69, 9.17) is 4.42 Å². The maximum Gasteiger partial charge on any atom is 0.255 e. The summed E-state index contributed by atoms with van der Waals surface area (Å²) in [6.45, 7) is 5.05. The molecule has 2 heterocycles. The van der Waals surface area contributed by atoms with Crippen molar-refractivity contribution in [2.75, 3.05) is 13.1 Å². The smallest absolute Gasteiger partial charge is 0.255 e. The Morgan fingerprint density at radius 3 is 3.00 bits per heavy atom. The summed E-state index contributed by atoms with van der Waals surface area (Å²) in [5.41, 5.74) is 1.12. The molecular formula is C16H18N2O3. The average Bonchev–Trinajstić information content (AvgIpc) is 2.99. The lowest BCUT2D eigenvalue weighted by Crippen LogP contribution is -2.37. The van der Waals surface area contributed by atoms with Gasteiger partial charge in [-0.1, -0.05) is 12.1 Å². The van der Waals surface area contributed by atoms with E-state index >= 15 is 0 Å². The molecule has 1 aromatic heterocycles. The standard InChI is InChI=1S/C16H18N2O3/c1-3-18-9-12(8-14(18)19)17-16(20)13-6-4-5-11-7-10(2)21-15(11)13/h4-7,12H,3,8-9H2,1-2H3,(H,17,20). The van der Waals surface area contributed by atoms with Crippen molar-refractivity contribution in [1.29, 1.82) is 0 Å². The Balaban J connectivity index is 1.80. The van der Waals surface area contributed by atoms with Crippen molar-refractivity contribution in [3.8, 4) is 0 Å². The number of aryl methyl sites for hydroxylation is 1. The van der Waals surface area contributed by atoms with Crippen LogP contribution in [0.1, 0.15) is 29.5 Å². The first-order valence-electron chi connectivity index (χ1n) is 7.16. The minimum atomic E-state index is -0.189. The first-order valence-corrected chi connectivity index (χ1v) is 7.16. The van der Waals surface area contributed by atoms with E-state index in [1.54, 1.807) is 11.0 Å². The molecule has 1 N–H and O–H groups in total. The number of likely N-dealkylation sites (N-methyl/N-ethyl adjacent to an activating group) is 1. The van der Waals surface area contributed by atoms with Crippen molar-refractivity contribution in [1.82, 2.24) is 10.2 Å². The zero-order valence-electron chi connectivity index (χ0n) is 12.2. The summed E-state index contributed by atoms with van der Waals surface area (Å²) in [5, 5.41) is 3.84. The van der Waals surface area contributed by atoms with Crippen LogP contribution in [0.2, 0.25) is 0 Å². The Labute approximate surface area is 122 Å². The van der Waals surface area contributed by atoms with E-state index in [1.807, 2.05) is 32.0 Å². The number of hydrogen-bond donors (Lipinski definition) is 1. The van der Waals surface area contributed by atoms with Gasteiger partial charge in [-0.3, -0.25) is 9.59 Å². The number of carbonyl (C=O) groups is 2. The molecule has 1 unspecified atom stereocenters. The van der Waals surface area contributed by atoms with Gasteiger partial charge in [-0.25, -0.2) is 0 Å². The molecule has 21 heavy (non-hydrogen) atoms. The number of likely N-dealkylation sites (tertiary alicyclic amines) is 1. The van der Waals surface area contributed by atoms with Gasteiger partial charge in [-0.15, -0.1) is 0 Å². The fourth-order valence-corrected chi connectivity index (χ4v) is 2.81. The van der Waals surface area contributed by atoms with Gasteiger partial charge >= 0.3 is 0 Å². The molecule has 1 fully saturated rings. The Morgan fingerprint density at radius 2 is 2.29 bits per heavy atom. The van der Waals surface area contributed by atoms with Gasteiger partial charge in [0.1, 0.15) is 11.3 Å². The van der Waals surface area contributed by atoms with Crippen LogP contribution in [0, 0.1) is 6.92 Å². The molecule has 1 atom stereocenters. The molecule has 0 saturated carbocycles. The molecule has 0 spiro atoms. The number of furan rings is 1. The summed E-state index contributed by atoms with van der Waals surface area (Å²) in [6, 6.07) is 7.28. The Hall–Kier alpha value is -2.30. The molecule has 5 nitrogen and oxygen atoms in total. The van der Waals surface area contributed by atoms with Crippen molar-refractivity contribution < 1.29 is 14.0 Å². The molecule has 2 aromatic rings. The van der Waals surface area contributed by atoms with Crippen molar-refractivity contribution in [2.24, 2.45) is 0 Å². The Bertz CT molecular complexity index is 705. The van der Waals surface area contributed by atoms with Crippen LogP contribution in [0.25, 0.3) is 11.0 Å².